The number of nitrogens with one attached hydrogen (secondary N) is 1. The quantitative estimate of drug-likeness (QED) is 0.253. The van der Waals surface area contributed by atoms with Crippen LogP contribution in [-0.2, 0) is 4.79 Å². The number of aromatic hydroxyl groups is 1. The third-order valence-corrected chi connectivity index (χ3v) is 6.54. The predicted octanol–water partition coefficient (Wildman–Crippen LogP) is 5.20. The maximum Gasteiger partial charge on any atom is 0.335 e. The smallest absolute Gasteiger partial charge is 0.335 e. The fourth-order valence-corrected chi connectivity index (χ4v) is 4.52. The molecular weight excluding hydrogens is 496 g/mol. The van der Waals surface area contributed by atoms with Gasteiger partial charge in [-0.25, -0.2) is 9.79 Å². The van der Waals surface area contributed by atoms with Crippen LogP contribution in [0.3, 0.4) is 0 Å². The van der Waals surface area contributed by atoms with Gasteiger partial charge in [0.15, 0.2) is 5.88 Å². The van der Waals surface area contributed by atoms with Gasteiger partial charge < -0.3 is 20.1 Å². The first-order valence-electron chi connectivity index (χ1n) is 12.3. The number of amides is 1. The van der Waals surface area contributed by atoms with Gasteiger partial charge in [0.2, 0.25) is 11.8 Å². The third kappa shape index (κ3) is 5.02. The molecular formula is C30H26N4O5. The number of carbonyl (C=O) groups excluding carboxylic acids is 2. The number of aromatic nitrogens is 2. The minimum absolute atomic E-state index is 0.0995. The summed E-state index contributed by atoms with van der Waals surface area (Å²) in [7, 11) is 3.32. The zero-order valence-corrected chi connectivity index (χ0v) is 21.4. The highest BCUT2D eigenvalue weighted by atomic mass is 16.4. The summed E-state index contributed by atoms with van der Waals surface area (Å²) in [5, 5.41) is 21.7. The monoisotopic (exact) mass is 522 g/mol. The minimum atomic E-state index is -1.06. The number of carboxylic acids is 1. The Kier molecular flexibility index (Phi) is 6.72. The number of carbonyl (C=O) groups is 3. The van der Waals surface area contributed by atoms with Crippen LogP contribution in [-0.4, -0.2) is 62.3 Å². The van der Waals surface area contributed by atoms with Gasteiger partial charge in [0.25, 0.3) is 0 Å². The van der Waals surface area contributed by atoms with E-state index in [2.05, 4.69) is 4.98 Å². The number of hydrogen-bond acceptors (Lipinski definition) is 5. The van der Waals surface area contributed by atoms with E-state index < -0.39 is 5.97 Å². The fraction of sp³-hybridized carbons (Fsp3) is 0.133. The Balaban J connectivity index is 1.56. The van der Waals surface area contributed by atoms with E-state index in [4.69, 9.17) is 4.99 Å². The Labute approximate surface area is 223 Å². The van der Waals surface area contributed by atoms with E-state index in [-0.39, 0.29) is 36.1 Å². The molecule has 0 fully saturated rings. The van der Waals surface area contributed by atoms with Crippen LogP contribution in [0.1, 0.15) is 39.1 Å². The molecule has 0 radical (unpaired) electrons. The molecule has 0 aliphatic rings. The average Bonchev–Trinajstić information content (AvgIpc) is 3.50. The van der Waals surface area contributed by atoms with Crippen molar-refractivity contribution in [1.82, 2.24) is 14.5 Å². The molecule has 0 saturated carbocycles. The van der Waals surface area contributed by atoms with Crippen LogP contribution in [0.4, 0.5) is 5.69 Å². The highest BCUT2D eigenvalue weighted by Crippen LogP contribution is 2.33. The highest BCUT2D eigenvalue weighted by Gasteiger charge is 2.20. The maximum atomic E-state index is 12.8. The molecule has 9 nitrogen and oxygen atoms in total. The number of benzene rings is 3. The molecule has 9 heteroatoms. The highest BCUT2D eigenvalue weighted by molar-refractivity contribution is 6.22. The lowest BCUT2D eigenvalue weighted by atomic mass is 10.00. The summed E-state index contributed by atoms with van der Waals surface area (Å²) in [4.78, 5) is 45.3. The normalized spacial score (nSPS) is 11.7. The number of aliphatic imine (C=N–C) groups is 1. The number of hydrogen-bond donors (Lipinski definition) is 3. The van der Waals surface area contributed by atoms with E-state index in [1.54, 1.807) is 38.5 Å². The van der Waals surface area contributed by atoms with Crippen molar-refractivity contribution in [3.05, 3.63) is 95.7 Å². The van der Waals surface area contributed by atoms with Crippen molar-refractivity contribution in [3.8, 4) is 5.88 Å². The largest absolute Gasteiger partial charge is 0.494 e. The molecule has 0 atom stereocenters. The van der Waals surface area contributed by atoms with Gasteiger partial charge >= 0.3 is 5.97 Å². The first-order chi connectivity index (χ1) is 18.7. The molecule has 0 spiro atoms. The summed E-state index contributed by atoms with van der Waals surface area (Å²) in [5.74, 6) is -1.47. The van der Waals surface area contributed by atoms with Gasteiger partial charge in [0.1, 0.15) is 0 Å². The summed E-state index contributed by atoms with van der Waals surface area (Å²) in [5.41, 5.74) is 3.59. The molecule has 196 valence electrons. The molecule has 0 aliphatic heterocycles. The summed E-state index contributed by atoms with van der Waals surface area (Å²) in [6.45, 7) is 0. The number of nitrogens with zero attached hydrogens (tertiary/aromatic N) is 3. The Hall–Kier alpha value is -5.18. The van der Waals surface area contributed by atoms with Gasteiger partial charge in [-0.3, -0.25) is 14.2 Å². The van der Waals surface area contributed by atoms with Crippen molar-refractivity contribution in [2.45, 2.75) is 12.8 Å². The summed E-state index contributed by atoms with van der Waals surface area (Å²) in [6.07, 6.45) is 1.92. The molecule has 5 aromatic rings. The molecule has 39 heavy (non-hydrogen) atoms. The predicted molar refractivity (Wildman–Crippen MR) is 149 cm³/mol. The van der Waals surface area contributed by atoms with E-state index in [9.17, 15) is 24.6 Å². The van der Waals surface area contributed by atoms with Gasteiger partial charge in [-0.1, -0.05) is 36.4 Å². The van der Waals surface area contributed by atoms with E-state index in [1.807, 2.05) is 42.5 Å². The zero-order valence-electron chi connectivity index (χ0n) is 21.4. The third-order valence-electron chi connectivity index (χ3n) is 6.54. The molecule has 1 amide bonds. The summed E-state index contributed by atoms with van der Waals surface area (Å²) >= 11 is 0. The van der Waals surface area contributed by atoms with Crippen molar-refractivity contribution in [2.75, 3.05) is 14.1 Å². The lowest BCUT2D eigenvalue weighted by Crippen LogP contribution is -2.23. The molecule has 0 unspecified atom stereocenters. The number of rotatable bonds is 7. The standard InChI is InChI=1S/C30H26N4O5/c1-33(2)25(35)12-13-26(36)34-15-14-19-16-21(9-11-24(19)34)31-28(18-6-4-3-5-7-18)27-22-10-8-20(30(38)39)17-23(22)32-29(27)37/h3-11,14-17,32,37H,12-13H2,1-2H3,(H,38,39). The second-order valence-electron chi connectivity index (χ2n) is 9.35. The van der Waals surface area contributed by atoms with Crippen molar-refractivity contribution >= 4 is 51.0 Å². The summed E-state index contributed by atoms with van der Waals surface area (Å²) < 4.78 is 1.54. The fourth-order valence-electron chi connectivity index (χ4n) is 4.52. The second-order valence-corrected chi connectivity index (χ2v) is 9.35. The van der Waals surface area contributed by atoms with Crippen LogP contribution >= 0.6 is 0 Å². The molecule has 2 aromatic heterocycles. The Morgan fingerprint density at radius 2 is 1.69 bits per heavy atom. The number of aromatic carboxylic acids is 1. The van der Waals surface area contributed by atoms with Gasteiger partial charge in [0, 0.05) is 55.0 Å². The molecule has 0 bridgehead atoms. The number of carboxylic acid groups (broad SMARTS) is 1. The van der Waals surface area contributed by atoms with E-state index >= 15 is 0 Å². The lowest BCUT2D eigenvalue weighted by molar-refractivity contribution is -0.128. The molecule has 2 heterocycles. The SMILES string of the molecule is CN(C)C(=O)CCC(=O)n1ccc2cc(N=C(c3ccccc3)c3c(O)[nH]c4cc(C(=O)O)ccc34)ccc21. The second kappa shape index (κ2) is 10.3. The molecule has 0 aliphatic carbocycles. The first kappa shape index (κ1) is 25.5. The number of H-pyrrole nitrogens is 1. The van der Waals surface area contributed by atoms with E-state index in [1.165, 1.54) is 21.6 Å². The Morgan fingerprint density at radius 3 is 2.41 bits per heavy atom. The first-order valence-corrected chi connectivity index (χ1v) is 12.3. The van der Waals surface area contributed by atoms with Gasteiger partial charge in [0.05, 0.1) is 28.0 Å². The van der Waals surface area contributed by atoms with Gasteiger partial charge in [-0.2, -0.15) is 0 Å². The zero-order chi connectivity index (χ0) is 27.7. The Bertz CT molecular complexity index is 1760. The minimum Gasteiger partial charge on any atom is -0.494 e. The van der Waals surface area contributed by atoms with Crippen molar-refractivity contribution in [1.29, 1.82) is 0 Å². The van der Waals surface area contributed by atoms with Crippen LogP contribution in [0.15, 0.2) is 84.0 Å². The van der Waals surface area contributed by atoms with Crippen LogP contribution < -0.4 is 0 Å². The van der Waals surface area contributed by atoms with Gasteiger partial charge in [-0.15, -0.1) is 0 Å². The average molecular weight is 523 g/mol. The van der Waals surface area contributed by atoms with Crippen LogP contribution in [0.2, 0.25) is 0 Å². The van der Waals surface area contributed by atoms with Crippen molar-refractivity contribution in [2.24, 2.45) is 4.99 Å². The molecule has 0 saturated heterocycles. The van der Waals surface area contributed by atoms with E-state index in [0.29, 0.717) is 33.4 Å². The molecule has 5 rings (SSSR count). The summed E-state index contributed by atoms with van der Waals surface area (Å²) in [6, 6.07) is 21.3. The molecule has 3 aromatic carbocycles. The van der Waals surface area contributed by atoms with E-state index in [0.717, 1.165) is 10.9 Å². The maximum absolute atomic E-state index is 12.8. The lowest BCUT2D eigenvalue weighted by Gasteiger charge is -2.10. The van der Waals surface area contributed by atoms with Gasteiger partial charge in [-0.05, 0) is 36.4 Å². The van der Waals surface area contributed by atoms with Crippen LogP contribution in [0.5, 0.6) is 5.88 Å². The van der Waals surface area contributed by atoms with Crippen LogP contribution in [0.25, 0.3) is 21.8 Å². The van der Waals surface area contributed by atoms with Crippen molar-refractivity contribution in [3.63, 3.8) is 0 Å². The molecule has 3 N–H and O–H groups in total. The number of fused-ring (bicyclic) bond motifs is 2. The topological polar surface area (TPSA) is 128 Å². The number of aromatic amines is 1. The Morgan fingerprint density at radius 1 is 0.923 bits per heavy atom. The van der Waals surface area contributed by atoms with Crippen LogP contribution in [0, 0.1) is 0 Å². The van der Waals surface area contributed by atoms with Crippen molar-refractivity contribution < 1.29 is 24.6 Å².